The summed E-state index contributed by atoms with van der Waals surface area (Å²) < 4.78 is 54.0. The summed E-state index contributed by atoms with van der Waals surface area (Å²) in [5, 5.41) is 9.67. The third-order valence-corrected chi connectivity index (χ3v) is 8.53. The molecule has 0 radical (unpaired) electrons. The third kappa shape index (κ3) is 6.78. The SMILES string of the molecule is COc1cccc(F)c1Oc1ccc(NS(=O)(=O)c2sc(NC(C)=O)nc2C)cc1NC(=O)Nc1nccs1. The molecule has 4 aromatic rings. The lowest BCUT2D eigenvalue weighted by Crippen LogP contribution is -2.20. The molecule has 2 heterocycles. The molecule has 12 nitrogen and oxygen atoms in total. The minimum Gasteiger partial charge on any atom is -0.493 e. The maximum atomic E-state index is 14.5. The highest BCUT2D eigenvalue weighted by molar-refractivity contribution is 7.94. The predicted molar refractivity (Wildman–Crippen MR) is 146 cm³/mol. The van der Waals surface area contributed by atoms with Gasteiger partial charge in [0.1, 0.15) is 0 Å². The Bertz CT molecular complexity index is 1630. The van der Waals surface area contributed by atoms with E-state index in [2.05, 4.69) is 30.6 Å². The van der Waals surface area contributed by atoms with Crippen molar-refractivity contribution in [3.05, 3.63) is 59.5 Å². The molecular weight excluding hydrogens is 571 g/mol. The van der Waals surface area contributed by atoms with Crippen LogP contribution in [0.25, 0.3) is 0 Å². The van der Waals surface area contributed by atoms with Crippen LogP contribution >= 0.6 is 22.7 Å². The molecule has 0 saturated heterocycles. The van der Waals surface area contributed by atoms with Gasteiger partial charge in [-0.3, -0.25) is 14.8 Å². The molecule has 39 heavy (non-hydrogen) atoms. The zero-order valence-corrected chi connectivity index (χ0v) is 23.0. The Hall–Kier alpha value is -4.28. The van der Waals surface area contributed by atoms with Crippen molar-refractivity contribution in [1.29, 1.82) is 0 Å². The number of rotatable bonds is 9. The van der Waals surface area contributed by atoms with Crippen molar-refractivity contribution in [2.45, 2.75) is 18.1 Å². The molecule has 0 saturated carbocycles. The first kappa shape index (κ1) is 27.7. The van der Waals surface area contributed by atoms with Gasteiger partial charge in [0.25, 0.3) is 10.0 Å². The second-order valence-corrected chi connectivity index (χ2v) is 11.5. The molecule has 0 fully saturated rings. The molecule has 204 valence electrons. The summed E-state index contributed by atoms with van der Waals surface area (Å²) in [6, 6.07) is 7.43. The van der Waals surface area contributed by atoms with E-state index in [4.69, 9.17) is 9.47 Å². The van der Waals surface area contributed by atoms with Crippen molar-refractivity contribution in [2.75, 3.05) is 27.8 Å². The van der Waals surface area contributed by atoms with Gasteiger partial charge in [0.05, 0.1) is 24.2 Å². The van der Waals surface area contributed by atoms with Gasteiger partial charge in [0, 0.05) is 18.5 Å². The van der Waals surface area contributed by atoms with E-state index in [0.29, 0.717) is 5.13 Å². The smallest absolute Gasteiger partial charge is 0.325 e. The van der Waals surface area contributed by atoms with E-state index >= 15 is 0 Å². The van der Waals surface area contributed by atoms with Crippen molar-refractivity contribution >= 4 is 66.3 Å². The molecule has 0 atom stereocenters. The summed E-state index contributed by atoms with van der Waals surface area (Å²) in [6.07, 6.45) is 1.51. The van der Waals surface area contributed by atoms with Crippen LogP contribution in [0, 0.1) is 12.7 Å². The Kier molecular flexibility index (Phi) is 8.27. The van der Waals surface area contributed by atoms with Crippen molar-refractivity contribution in [2.24, 2.45) is 0 Å². The molecule has 16 heteroatoms. The number of aromatic nitrogens is 2. The van der Waals surface area contributed by atoms with Crippen molar-refractivity contribution in [3.63, 3.8) is 0 Å². The summed E-state index contributed by atoms with van der Waals surface area (Å²) in [5.74, 6) is -1.24. The lowest BCUT2D eigenvalue weighted by molar-refractivity contribution is -0.114. The molecule has 0 spiro atoms. The molecule has 4 rings (SSSR count). The number of para-hydroxylation sites is 1. The van der Waals surface area contributed by atoms with Gasteiger partial charge in [0.15, 0.2) is 31.8 Å². The van der Waals surface area contributed by atoms with E-state index in [1.165, 1.54) is 74.9 Å². The number of halogens is 1. The molecule has 0 unspecified atom stereocenters. The van der Waals surface area contributed by atoms with Crippen LogP contribution in [0.5, 0.6) is 17.2 Å². The van der Waals surface area contributed by atoms with Crippen LogP contribution in [0.4, 0.5) is 30.8 Å². The number of hydrogen-bond donors (Lipinski definition) is 4. The zero-order valence-electron chi connectivity index (χ0n) is 20.6. The summed E-state index contributed by atoms with van der Waals surface area (Å²) in [5.41, 5.74) is 0.250. The number of amides is 3. The zero-order chi connectivity index (χ0) is 28.2. The quantitative estimate of drug-likeness (QED) is 0.205. The number of benzene rings is 2. The van der Waals surface area contributed by atoms with Gasteiger partial charge in [-0.1, -0.05) is 17.4 Å². The number of ether oxygens (including phenoxy) is 2. The lowest BCUT2D eigenvalue weighted by Gasteiger charge is -2.16. The maximum Gasteiger partial charge on any atom is 0.325 e. The standard InChI is InChI=1S/C23H21FN6O6S3/c1-12-20(38-23(26-12)27-13(2)31)39(33,34)30-14-7-8-17(36-19-15(24)5-4-6-18(19)35-3)16(11-14)28-21(32)29-22-25-9-10-37-22/h4-11,30H,1-3H3,(H,26,27,31)(H2,25,28,29,32). The Morgan fingerprint density at radius 1 is 1.05 bits per heavy atom. The van der Waals surface area contributed by atoms with Crippen molar-refractivity contribution in [1.82, 2.24) is 9.97 Å². The topological polar surface area (TPSA) is 161 Å². The Morgan fingerprint density at radius 3 is 2.54 bits per heavy atom. The van der Waals surface area contributed by atoms with Crippen LogP contribution in [0.1, 0.15) is 12.6 Å². The maximum absolute atomic E-state index is 14.5. The number of urea groups is 1. The van der Waals surface area contributed by atoms with E-state index in [1.807, 2.05) is 0 Å². The molecule has 4 N–H and O–H groups in total. The van der Waals surface area contributed by atoms with Gasteiger partial charge < -0.3 is 20.1 Å². The largest absolute Gasteiger partial charge is 0.493 e. The monoisotopic (exact) mass is 592 g/mol. The van der Waals surface area contributed by atoms with Gasteiger partial charge in [-0.25, -0.2) is 27.6 Å². The molecule has 0 bridgehead atoms. The van der Waals surface area contributed by atoms with E-state index in [9.17, 15) is 22.4 Å². The summed E-state index contributed by atoms with van der Waals surface area (Å²) in [7, 11) is -2.79. The van der Waals surface area contributed by atoms with Gasteiger partial charge in [-0.2, -0.15) is 0 Å². The van der Waals surface area contributed by atoms with Crippen LogP contribution in [0.3, 0.4) is 0 Å². The fourth-order valence-electron chi connectivity index (χ4n) is 3.21. The fourth-order valence-corrected chi connectivity index (χ4v) is 6.25. The van der Waals surface area contributed by atoms with E-state index in [0.717, 1.165) is 11.3 Å². The molecular formula is C23H21FN6O6S3. The fraction of sp³-hybridized carbons (Fsp3) is 0.130. The highest BCUT2D eigenvalue weighted by atomic mass is 32.2. The van der Waals surface area contributed by atoms with Gasteiger partial charge >= 0.3 is 6.03 Å². The van der Waals surface area contributed by atoms with Gasteiger partial charge in [0.2, 0.25) is 11.7 Å². The first-order valence-corrected chi connectivity index (χ1v) is 14.1. The average molecular weight is 593 g/mol. The number of carbonyl (C=O) groups excluding carboxylic acids is 2. The highest BCUT2D eigenvalue weighted by Crippen LogP contribution is 2.39. The number of methoxy groups -OCH3 is 1. The third-order valence-electron chi connectivity index (χ3n) is 4.78. The molecule has 0 aliphatic carbocycles. The molecule has 2 aromatic carbocycles. The second kappa shape index (κ2) is 11.6. The van der Waals surface area contributed by atoms with Crippen molar-refractivity contribution < 1.29 is 31.9 Å². The van der Waals surface area contributed by atoms with Crippen LogP contribution in [0.15, 0.2) is 52.2 Å². The first-order valence-electron chi connectivity index (χ1n) is 11.0. The average Bonchev–Trinajstić information content (AvgIpc) is 3.50. The van der Waals surface area contributed by atoms with Gasteiger partial charge in [-0.15, -0.1) is 11.3 Å². The summed E-state index contributed by atoms with van der Waals surface area (Å²) in [6.45, 7) is 2.77. The van der Waals surface area contributed by atoms with E-state index < -0.39 is 27.8 Å². The molecule has 0 aliphatic heterocycles. The second-order valence-electron chi connectivity index (χ2n) is 7.68. The predicted octanol–water partition coefficient (Wildman–Crippen LogP) is 5.25. The lowest BCUT2D eigenvalue weighted by atomic mass is 10.2. The Morgan fingerprint density at radius 2 is 1.85 bits per heavy atom. The van der Waals surface area contributed by atoms with E-state index in [-0.39, 0.29) is 43.7 Å². The van der Waals surface area contributed by atoms with Crippen LogP contribution < -0.4 is 30.1 Å². The number of carbonyl (C=O) groups is 2. The number of hydrogen-bond acceptors (Lipinski definition) is 10. The first-order chi connectivity index (χ1) is 18.6. The number of nitrogens with one attached hydrogen (secondary N) is 4. The molecule has 3 amide bonds. The number of thiazole rings is 2. The molecule has 0 aliphatic rings. The normalized spacial score (nSPS) is 11.0. The van der Waals surface area contributed by atoms with Crippen LogP contribution in [-0.2, 0) is 14.8 Å². The summed E-state index contributed by atoms with van der Waals surface area (Å²) in [4.78, 5) is 32.0. The summed E-state index contributed by atoms with van der Waals surface area (Å²) >= 11 is 1.97. The Labute approximate surface area is 230 Å². The minimum absolute atomic E-state index is 0.00227. The van der Waals surface area contributed by atoms with E-state index in [1.54, 1.807) is 5.38 Å². The Balaban J connectivity index is 1.66. The van der Waals surface area contributed by atoms with Crippen LogP contribution in [0.2, 0.25) is 0 Å². The molecule has 2 aromatic heterocycles. The highest BCUT2D eigenvalue weighted by Gasteiger charge is 2.24. The van der Waals surface area contributed by atoms with Crippen molar-refractivity contribution in [3.8, 4) is 17.2 Å². The number of aryl methyl sites for hydroxylation is 1. The van der Waals surface area contributed by atoms with Gasteiger partial charge in [-0.05, 0) is 37.3 Å². The number of nitrogens with zero attached hydrogens (tertiary/aromatic N) is 2. The number of anilines is 4. The van der Waals surface area contributed by atoms with Crippen LogP contribution in [-0.4, -0.2) is 37.4 Å². The number of sulfonamides is 1. The minimum atomic E-state index is -4.14.